The smallest absolute Gasteiger partial charge is 0.258 e. The van der Waals surface area contributed by atoms with Gasteiger partial charge < -0.3 is 14.7 Å². The molecule has 122 valence electrons. The molecule has 2 aromatic carbocycles. The summed E-state index contributed by atoms with van der Waals surface area (Å²) in [6.07, 6.45) is -0.856. The van der Waals surface area contributed by atoms with Gasteiger partial charge in [-0.1, -0.05) is 30.3 Å². The highest BCUT2D eigenvalue weighted by Gasteiger charge is 2.31. The number of aliphatic hydroxyl groups is 1. The molecule has 2 aliphatic rings. The molecule has 6 heteroatoms. The van der Waals surface area contributed by atoms with Gasteiger partial charge in [-0.05, 0) is 17.7 Å². The molecule has 0 aromatic heterocycles. The van der Waals surface area contributed by atoms with E-state index >= 15 is 0 Å². The molecule has 4 rings (SSSR count). The zero-order valence-corrected chi connectivity index (χ0v) is 12.9. The minimum Gasteiger partial charge on any atom is -0.490 e. The first kappa shape index (κ1) is 14.7. The molecule has 0 aliphatic carbocycles. The Morgan fingerprint density at radius 1 is 1.12 bits per heavy atom. The lowest BCUT2D eigenvalue weighted by Gasteiger charge is -2.36. The summed E-state index contributed by atoms with van der Waals surface area (Å²) in [6, 6.07) is 12.7. The SMILES string of the molecule is O=C1Cc2cccc(C(O)N3CCOc4ccccc43)c2C(=O)N1. The van der Waals surface area contributed by atoms with Crippen LogP contribution in [0.1, 0.15) is 27.7 Å². The van der Waals surface area contributed by atoms with E-state index in [1.807, 2.05) is 24.3 Å². The van der Waals surface area contributed by atoms with Crippen LogP contribution in [0.3, 0.4) is 0 Å². The van der Waals surface area contributed by atoms with Crippen LogP contribution in [-0.4, -0.2) is 30.1 Å². The number of fused-ring (bicyclic) bond motifs is 2. The quantitative estimate of drug-likeness (QED) is 0.816. The van der Waals surface area contributed by atoms with Crippen molar-refractivity contribution in [2.45, 2.75) is 12.6 Å². The molecule has 2 aromatic rings. The maximum absolute atomic E-state index is 12.3. The molecule has 2 N–H and O–H groups in total. The van der Waals surface area contributed by atoms with E-state index in [9.17, 15) is 14.7 Å². The van der Waals surface area contributed by atoms with Crippen molar-refractivity contribution in [2.75, 3.05) is 18.1 Å². The summed E-state index contributed by atoms with van der Waals surface area (Å²) in [4.78, 5) is 25.6. The molecule has 0 saturated carbocycles. The van der Waals surface area contributed by atoms with Crippen molar-refractivity contribution in [3.05, 3.63) is 59.2 Å². The molecule has 2 aliphatic heterocycles. The van der Waals surface area contributed by atoms with Crippen molar-refractivity contribution in [1.82, 2.24) is 5.32 Å². The van der Waals surface area contributed by atoms with Crippen LogP contribution < -0.4 is 15.0 Å². The zero-order valence-electron chi connectivity index (χ0n) is 12.9. The van der Waals surface area contributed by atoms with Gasteiger partial charge in [0.25, 0.3) is 5.91 Å². The largest absolute Gasteiger partial charge is 0.490 e. The van der Waals surface area contributed by atoms with Crippen molar-refractivity contribution >= 4 is 17.5 Å². The molecule has 0 radical (unpaired) electrons. The van der Waals surface area contributed by atoms with Gasteiger partial charge >= 0.3 is 0 Å². The van der Waals surface area contributed by atoms with Crippen LogP contribution in [0.15, 0.2) is 42.5 Å². The first-order chi connectivity index (χ1) is 11.6. The number of hydrogen-bond acceptors (Lipinski definition) is 5. The standard InChI is InChI=1S/C18H16N2O4/c21-15-10-11-4-3-5-12(16(11)17(22)19-15)18(23)20-8-9-24-14-7-2-1-6-13(14)20/h1-7,18,23H,8-10H2,(H,19,21,22). The Hall–Kier alpha value is -2.86. The highest BCUT2D eigenvalue weighted by molar-refractivity contribution is 6.10. The number of imide groups is 1. The fourth-order valence-electron chi connectivity index (χ4n) is 3.28. The lowest BCUT2D eigenvalue weighted by Crippen LogP contribution is -2.41. The lowest BCUT2D eigenvalue weighted by atomic mass is 9.93. The second-order valence-electron chi connectivity index (χ2n) is 5.82. The number of nitrogens with zero attached hydrogens (tertiary/aromatic N) is 1. The number of ether oxygens (including phenoxy) is 1. The van der Waals surface area contributed by atoms with Gasteiger partial charge in [0.15, 0.2) is 6.23 Å². The van der Waals surface area contributed by atoms with Crippen molar-refractivity contribution < 1.29 is 19.4 Å². The number of hydrogen-bond donors (Lipinski definition) is 2. The summed E-state index contributed by atoms with van der Waals surface area (Å²) in [6.45, 7) is 0.955. The van der Waals surface area contributed by atoms with Crippen LogP contribution in [0.2, 0.25) is 0 Å². The van der Waals surface area contributed by atoms with Gasteiger partial charge in [-0.2, -0.15) is 0 Å². The topological polar surface area (TPSA) is 78.9 Å². The summed E-state index contributed by atoms with van der Waals surface area (Å²) in [5, 5.41) is 13.3. The number of carbonyl (C=O) groups excluding carboxylic acids is 2. The summed E-state index contributed by atoms with van der Waals surface area (Å²) in [5.74, 6) is -0.0828. The third kappa shape index (κ3) is 2.32. The van der Waals surface area contributed by atoms with Crippen LogP contribution in [0, 0.1) is 0 Å². The third-order valence-corrected chi connectivity index (χ3v) is 4.35. The molecule has 2 amide bonds. The van der Waals surface area contributed by atoms with Crippen LogP contribution in [-0.2, 0) is 11.2 Å². The van der Waals surface area contributed by atoms with E-state index in [0.29, 0.717) is 35.6 Å². The number of nitrogens with one attached hydrogen (secondary N) is 1. The second-order valence-corrected chi connectivity index (χ2v) is 5.82. The minimum absolute atomic E-state index is 0.140. The molecular weight excluding hydrogens is 308 g/mol. The number of para-hydroxylation sites is 2. The van der Waals surface area contributed by atoms with Gasteiger partial charge in [0, 0.05) is 5.56 Å². The Morgan fingerprint density at radius 2 is 1.96 bits per heavy atom. The van der Waals surface area contributed by atoms with Crippen LogP contribution in [0.5, 0.6) is 5.75 Å². The summed E-state index contributed by atoms with van der Waals surface area (Å²) in [5.41, 5.74) is 2.30. The number of carbonyl (C=O) groups is 2. The van der Waals surface area contributed by atoms with E-state index in [4.69, 9.17) is 4.74 Å². The average Bonchev–Trinajstić information content (AvgIpc) is 2.60. The van der Waals surface area contributed by atoms with E-state index in [-0.39, 0.29) is 12.3 Å². The number of rotatable bonds is 2. The molecule has 0 saturated heterocycles. The van der Waals surface area contributed by atoms with Gasteiger partial charge in [0.2, 0.25) is 5.91 Å². The highest BCUT2D eigenvalue weighted by Crippen LogP contribution is 2.37. The van der Waals surface area contributed by atoms with Gasteiger partial charge in [-0.25, -0.2) is 0 Å². The predicted molar refractivity (Wildman–Crippen MR) is 86.9 cm³/mol. The van der Waals surface area contributed by atoms with E-state index in [1.54, 1.807) is 23.1 Å². The van der Waals surface area contributed by atoms with E-state index < -0.39 is 12.1 Å². The summed E-state index contributed by atoms with van der Waals surface area (Å²) < 4.78 is 5.61. The number of benzene rings is 2. The number of aliphatic hydroxyl groups excluding tert-OH is 1. The van der Waals surface area contributed by atoms with Crippen molar-refractivity contribution in [3.63, 3.8) is 0 Å². The van der Waals surface area contributed by atoms with Gasteiger partial charge in [-0.3, -0.25) is 14.9 Å². The zero-order chi connectivity index (χ0) is 16.7. The monoisotopic (exact) mass is 324 g/mol. The van der Waals surface area contributed by atoms with Crippen LogP contribution in [0.25, 0.3) is 0 Å². The summed E-state index contributed by atoms with van der Waals surface area (Å²) in [7, 11) is 0. The maximum Gasteiger partial charge on any atom is 0.258 e. The van der Waals surface area contributed by atoms with Crippen molar-refractivity contribution in [3.8, 4) is 5.75 Å². The van der Waals surface area contributed by atoms with E-state index in [2.05, 4.69) is 5.32 Å². The van der Waals surface area contributed by atoms with Crippen LogP contribution >= 0.6 is 0 Å². The maximum atomic E-state index is 12.3. The second kappa shape index (κ2) is 5.65. The van der Waals surface area contributed by atoms with Crippen molar-refractivity contribution in [2.24, 2.45) is 0 Å². The Balaban J connectivity index is 1.77. The summed E-state index contributed by atoms with van der Waals surface area (Å²) >= 11 is 0. The molecular formula is C18H16N2O4. The third-order valence-electron chi connectivity index (χ3n) is 4.35. The molecule has 0 fully saturated rings. The van der Waals surface area contributed by atoms with Gasteiger partial charge in [0.1, 0.15) is 12.4 Å². The molecule has 1 atom stereocenters. The van der Waals surface area contributed by atoms with Gasteiger partial charge in [-0.15, -0.1) is 0 Å². The van der Waals surface area contributed by atoms with Crippen molar-refractivity contribution in [1.29, 1.82) is 0 Å². The number of anilines is 1. The number of amides is 2. The van der Waals surface area contributed by atoms with Crippen LogP contribution in [0.4, 0.5) is 5.69 Å². The Labute approximate surface area is 138 Å². The van der Waals surface area contributed by atoms with Gasteiger partial charge in [0.05, 0.1) is 24.2 Å². The Morgan fingerprint density at radius 3 is 2.83 bits per heavy atom. The Kier molecular flexibility index (Phi) is 3.46. The predicted octanol–water partition coefficient (Wildman–Crippen LogP) is 1.39. The molecule has 6 nitrogen and oxygen atoms in total. The fourth-order valence-corrected chi connectivity index (χ4v) is 3.28. The molecule has 1 unspecified atom stereocenters. The fraction of sp³-hybridized carbons (Fsp3) is 0.222. The van der Waals surface area contributed by atoms with E-state index in [1.165, 1.54) is 0 Å². The van der Waals surface area contributed by atoms with E-state index in [0.717, 1.165) is 5.69 Å². The lowest BCUT2D eigenvalue weighted by molar-refractivity contribution is -0.119. The first-order valence-corrected chi connectivity index (χ1v) is 7.77. The average molecular weight is 324 g/mol. The first-order valence-electron chi connectivity index (χ1n) is 7.77. The molecule has 0 spiro atoms. The normalized spacial score (nSPS) is 17.5. The Bertz CT molecular complexity index is 834. The molecule has 0 bridgehead atoms. The molecule has 2 heterocycles. The highest BCUT2D eigenvalue weighted by atomic mass is 16.5. The minimum atomic E-state index is -0.996. The molecule has 24 heavy (non-hydrogen) atoms.